The molecule has 2 aromatic heterocycles. The Morgan fingerprint density at radius 3 is 2.45 bits per heavy atom. The van der Waals surface area contributed by atoms with E-state index in [0.717, 1.165) is 22.3 Å². The highest BCUT2D eigenvalue weighted by Gasteiger charge is 2.17. The molecule has 164 valence electrons. The lowest BCUT2D eigenvalue weighted by atomic mass is 10.1. The largest absolute Gasteiger partial charge is 0.338 e. The van der Waals surface area contributed by atoms with Gasteiger partial charge in [-0.1, -0.05) is 71.5 Å². The van der Waals surface area contributed by atoms with E-state index in [9.17, 15) is 4.39 Å². The zero-order valence-electron chi connectivity index (χ0n) is 17.9. The molecule has 0 saturated heterocycles. The second-order valence-electron chi connectivity index (χ2n) is 7.50. The molecule has 0 fully saturated rings. The van der Waals surface area contributed by atoms with Crippen molar-refractivity contribution < 1.29 is 8.91 Å². The lowest BCUT2D eigenvalue weighted by molar-refractivity contribution is 0.391. The third kappa shape index (κ3) is 4.70. The molecule has 0 N–H and O–H groups in total. The Balaban J connectivity index is 1.41. The maximum Gasteiger partial charge on any atom is 0.237 e. The predicted octanol–water partition coefficient (Wildman–Crippen LogP) is 5.78. The average molecular weight is 458 g/mol. The summed E-state index contributed by atoms with van der Waals surface area (Å²) in [6.45, 7) is 2.60. The summed E-state index contributed by atoms with van der Waals surface area (Å²) in [6.07, 6.45) is 0. The summed E-state index contributed by atoms with van der Waals surface area (Å²) in [6, 6.07) is 24.3. The Bertz CT molecular complexity index is 1370. The number of hydrogen-bond donors (Lipinski definition) is 0. The fraction of sp³-hybridized carbons (Fsp3) is 0.120. The van der Waals surface area contributed by atoms with Crippen molar-refractivity contribution in [2.45, 2.75) is 24.4 Å². The molecule has 0 radical (unpaired) electrons. The SMILES string of the molecule is Cc1ccccc1-c1noc(CSc2nnc(-c3ccc(F)cc3)n2Cc2ccccc2)n1. The Morgan fingerprint density at radius 2 is 1.67 bits per heavy atom. The van der Waals surface area contributed by atoms with E-state index in [2.05, 4.69) is 32.5 Å². The van der Waals surface area contributed by atoms with Gasteiger partial charge in [-0.05, 0) is 42.3 Å². The van der Waals surface area contributed by atoms with Gasteiger partial charge in [0, 0.05) is 11.1 Å². The quantitative estimate of drug-likeness (QED) is 0.289. The molecule has 5 aromatic rings. The van der Waals surface area contributed by atoms with Crippen LogP contribution in [0.4, 0.5) is 4.39 Å². The second-order valence-corrected chi connectivity index (χ2v) is 8.44. The maximum absolute atomic E-state index is 13.4. The first kappa shape index (κ1) is 21.1. The van der Waals surface area contributed by atoms with Crippen LogP contribution in [0.3, 0.4) is 0 Å². The molecule has 33 heavy (non-hydrogen) atoms. The molecule has 0 bridgehead atoms. The smallest absolute Gasteiger partial charge is 0.237 e. The lowest BCUT2D eigenvalue weighted by Crippen LogP contribution is -2.04. The minimum absolute atomic E-state index is 0.289. The van der Waals surface area contributed by atoms with Crippen LogP contribution in [0.2, 0.25) is 0 Å². The third-order valence-electron chi connectivity index (χ3n) is 5.18. The van der Waals surface area contributed by atoms with Gasteiger partial charge in [0.15, 0.2) is 11.0 Å². The highest BCUT2D eigenvalue weighted by Crippen LogP contribution is 2.28. The summed E-state index contributed by atoms with van der Waals surface area (Å²) in [5.41, 5.74) is 3.95. The van der Waals surface area contributed by atoms with Crippen LogP contribution in [0.1, 0.15) is 17.0 Å². The van der Waals surface area contributed by atoms with Crippen LogP contribution in [0, 0.1) is 12.7 Å². The molecule has 0 saturated carbocycles. The summed E-state index contributed by atoms with van der Waals surface area (Å²) < 4.78 is 20.9. The van der Waals surface area contributed by atoms with Gasteiger partial charge in [-0.2, -0.15) is 4.98 Å². The van der Waals surface area contributed by atoms with E-state index in [1.54, 1.807) is 12.1 Å². The van der Waals surface area contributed by atoms with Crippen molar-refractivity contribution in [3.63, 3.8) is 0 Å². The Hall–Kier alpha value is -3.78. The van der Waals surface area contributed by atoms with E-state index >= 15 is 0 Å². The van der Waals surface area contributed by atoms with Crippen LogP contribution in [0.15, 0.2) is 88.5 Å². The van der Waals surface area contributed by atoms with Crippen molar-refractivity contribution in [1.82, 2.24) is 24.9 Å². The molecule has 0 atom stereocenters. The van der Waals surface area contributed by atoms with Crippen molar-refractivity contribution in [3.05, 3.63) is 102 Å². The molecule has 0 aliphatic rings. The van der Waals surface area contributed by atoms with E-state index in [1.807, 2.05) is 54.0 Å². The molecule has 0 aliphatic heterocycles. The highest BCUT2D eigenvalue weighted by molar-refractivity contribution is 7.98. The molecule has 6 nitrogen and oxygen atoms in total. The van der Waals surface area contributed by atoms with Crippen molar-refractivity contribution in [2.24, 2.45) is 0 Å². The molecule has 0 aliphatic carbocycles. The summed E-state index contributed by atoms with van der Waals surface area (Å²) in [5.74, 6) is 1.92. The van der Waals surface area contributed by atoms with Gasteiger partial charge < -0.3 is 4.52 Å². The summed E-state index contributed by atoms with van der Waals surface area (Å²) in [5, 5.41) is 13.6. The number of hydrogen-bond acceptors (Lipinski definition) is 6. The maximum atomic E-state index is 13.4. The lowest BCUT2D eigenvalue weighted by Gasteiger charge is -2.10. The van der Waals surface area contributed by atoms with Crippen LogP contribution < -0.4 is 0 Å². The standard InChI is InChI=1S/C25H20FN5OS/c1-17-7-5-6-10-21(17)23-27-22(32-30-23)16-33-25-29-28-24(19-11-13-20(26)14-12-19)31(25)15-18-8-3-2-4-9-18/h2-14H,15-16H2,1H3. The van der Waals surface area contributed by atoms with Crippen molar-refractivity contribution in [2.75, 3.05) is 0 Å². The van der Waals surface area contributed by atoms with Crippen molar-refractivity contribution >= 4 is 11.8 Å². The van der Waals surface area contributed by atoms with E-state index in [-0.39, 0.29) is 5.82 Å². The predicted molar refractivity (Wildman–Crippen MR) is 125 cm³/mol. The van der Waals surface area contributed by atoms with Crippen LogP contribution in [0.25, 0.3) is 22.8 Å². The Labute approximate surface area is 194 Å². The van der Waals surface area contributed by atoms with Crippen molar-refractivity contribution in [1.29, 1.82) is 0 Å². The minimum Gasteiger partial charge on any atom is -0.338 e. The number of rotatable bonds is 7. The normalized spacial score (nSPS) is 11.1. The molecule has 0 amide bonds. The summed E-state index contributed by atoms with van der Waals surface area (Å²) in [7, 11) is 0. The average Bonchev–Trinajstić information content (AvgIpc) is 3.46. The Morgan fingerprint density at radius 1 is 0.909 bits per heavy atom. The summed E-state index contributed by atoms with van der Waals surface area (Å²) in [4.78, 5) is 4.55. The molecule has 2 heterocycles. The van der Waals surface area contributed by atoms with Crippen molar-refractivity contribution in [3.8, 4) is 22.8 Å². The minimum atomic E-state index is -0.289. The molecule has 0 spiro atoms. The molecule has 0 unspecified atom stereocenters. The van der Waals surface area contributed by atoms with Gasteiger partial charge in [0.1, 0.15) is 5.82 Å². The number of benzene rings is 3. The van der Waals surface area contributed by atoms with Gasteiger partial charge in [-0.3, -0.25) is 4.57 Å². The fourth-order valence-electron chi connectivity index (χ4n) is 3.49. The molecule has 3 aromatic carbocycles. The van der Waals surface area contributed by atoms with E-state index in [4.69, 9.17) is 4.52 Å². The van der Waals surface area contributed by atoms with Gasteiger partial charge in [0.2, 0.25) is 11.7 Å². The molecule has 8 heteroatoms. The number of aryl methyl sites for hydroxylation is 1. The fourth-order valence-corrected chi connectivity index (χ4v) is 4.26. The number of thioether (sulfide) groups is 1. The summed E-state index contributed by atoms with van der Waals surface area (Å²) >= 11 is 1.47. The number of nitrogens with zero attached hydrogens (tertiary/aromatic N) is 5. The number of halogens is 1. The van der Waals surface area contributed by atoms with Crippen LogP contribution in [0.5, 0.6) is 0 Å². The van der Waals surface area contributed by atoms with Crippen LogP contribution in [-0.4, -0.2) is 24.9 Å². The first-order valence-electron chi connectivity index (χ1n) is 10.4. The van der Waals surface area contributed by atoms with Crippen LogP contribution in [-0.2, 0) is 12.3 Å². The van der Waals surface area contributed by atoms with Gasteiger partial charge in [-0.15, -0.1) is 10.2 Å². The topological polar surface area (TPSA) is 69.6 Å². The molecular formula is C25H20FN5OS. The van der Waals surface area contributed by atoms with Crippen LogP contribution >= 0.6 is 11.8 Å². The van der Waals surface area contributed by atoms with E-state index < -0.39 is 0 Å². The highest BCUT2D eigenvalue weighted by atomic mass is 32.2. The monoisotopic (exact) mass is 457 g/mol. The van der Waals surface area contributed by atoms with E-state index in [0.29, 0.717) is 35.0 Å². The third-order valence-corrected chi connectivity index (χ3v) is 6.13. The zero-order chi connectivity index (χ0) is 22.6. The number of aromatic nitrogens is 5. The first-order valence-corrected chi connectivity index (χ1v) is 11.4. The Kier molecular flexibility index (Phi) is 5.99. The first-order chi connectivity index (χ1) is 16.2. The molecular weight excluding hydrogens is 437 g/mol. The van der Waals surface area contributed by atoms with E-state index in [1.165, 1.54) is 23.9 Å². The van der Waals surface area contributed by atoms with Gasteiger partial charge >= 0.3 is 0 Å². The molecule has 5 rings (SSSR count). The van der Waals surface area contributed by atoms with Gasteiger partial charge in [-0.25, -0.2) is 4.39 Å². The van der Waals surface area contributed by atoms with Gasteiger partial charge in [0.05, 0.1) is 12.3 Å². The van der Waals surface area contributed by atoms with Gasteiger partial charge in [0.25, 0.3) is 0 Å². The second kappa shape index (κ2) is 9.38. The zero-order valence-corrected chi connectivity index (χ0v) is 18.7.